The van der Waals surface area contributed by atoms with Crippen molar-refractivity contribution in [2.75, 3.05) is 13.2 Å². The Labute approximate surface area is 134 Å². The summed E-state index contributed by atoms with van der Waals surface area (Å²) in [6.45, 7) is 3.77. The monoisotopic (exact) mass is 320 g/mol. The van der Waals surface area contributed by atoms with Crippen molar-refractivity contribution < 1.29 is 24.2 Å². The van der Waals surface area contributed by atoms with Crippen LogP contribution in [0.2, 0.25) is 0 Å². The first-order chi connectivity index (χ1) is 11.0. The van der Waals surface area contributed by atoms with Crippen molar-refractivity contribution in [3.05, 3.63) is 48.6 Å². The van der Waals surface area contributed by atoms with Gasteiger partial charge in [-0.25, -0.2) is 4.79 Å². The number of amides is 1. The van der Waals surface area contributed by atoms with Crippen LogP contribution in [0.15, 0.2) is 43.0 Å². The summed E-state index contributed by atoms with van der Waals surface area (Å²) < 4.78 is 4.69. The van der Waals surface area contributed by atoms with E-state index >= 15 is 0 Å². The number of alkyl carbamates (subject to hydrolysis) is 1. The van der Waals surface area contributed by atoms with Gasteiger partial charge in [-0.2, -0.15) is 0 Å². The minimum atomic E-state index is -1.18. The molecule has 1 atom stereocenters. The van der Waals surface area contributed by atoms with Gasteiger partial charge in [-0.3, -0.25) is 9.59 Å². The Hall–Kier alpha value is -2.67. The smallest absolute Gasteiger partial charge is 0.408 e. The number of carboxylic acids is 1. The number of ketones is 1. The maximum absolute atomic E-state index is 12.1. The molecule has 1 aromatic carbocycles. The minimum Gasteiger partial charge on any atom is -0.481 e. The molecular weight excluding hydrogens is 300 g/mol. The maximum atomic E-state index is 12.1. The van der Waals surface area contributed by atoms with E-state index in [1.165, 1.54) is 6.08 Å². The van der Waals surface area contributed by atoms with Crippen molar-refractivity contribution in [1.29, 1.82) is 0 Å². The molecule has 0 heterocycles. The number of rotatable bonds is 10. The highest BCUT2D eigenvalue weighted by Crippen LogP contribution is 1.99. The van der Waals surface area contributed by atoms with Crippen LogP contribution in [0.1, 0.15) is 12.0 Å². The quantitative estimate of drug-likeness (QED) is 0.558. The summed E-state index contributed by atoms with van der Waals surface area (Å²) in [4.78, 5) is 34.3. The lowest BCUT2D eigenvalue weighted by Crippen LogP contribution is -2.45. The standard InChI is InChI=1S/C16H20N2O5/c1-2-8-23-16(22)18-13(9-15(20)21)14(19)11-17-10-12-6-4-3-5-7-12/h2-7,13,17H,1,8-11H2,(H,18,22)(H,20,21)/t13-/m0/s1. The number of Topliss-reactive ketones (excluding diaryl/α,β-unsaturated/α-hetero) is 1. The van der Waals surface area contributed by atoms with Gasteiger partial charge < -0.3 is 20.5 Å². The number of carbonyl (C=O) groups is 3. The summed E-state index contributed by atoms with van der Waals surface area (Å²) in [5.74, 6) is -1.62. The highest BCUT2D eigenvalue weighted by molar-refractivity contribution is 5.92. The Morgan fingerprint density at radius 2 is 1.96 bits per heavy atom. The molecule has 0 radical (unpaired) electrons. The summed E-state index contributed by atoms with van der Waals surface area (Å²) in [6, 6.07) is 8.30. The highest BCUT2D eigenvalue weighted by Gasteiger charge is 2.23. The average molecular weight is 320 g/mol. The van der Waals surface area contributed by atoms with E-state index in [0.29, 0.717) is 6.54 Å². The van der Waals surface area contributed by atoms with Crippen LogP contribution in [0.3, 0.4) is 0 Å². The number of benzene rings is 1. The normalized spacial score (nSPS) is 11.3. The summed E-state index contributed by atoms with van der Waals surface area (Å²) in [6.07, 6.45) is 0.0110. The molecule has 124 valence electrons. The average Bonchev–Trinajstić information content (AvgIpc) is 2.52. The molecule has 7 nitrogen and oxygen atoms in total. The number of hydrogen-bond donors (Lipinski definition) is 3. The molecule has 0 aliphatic rings. The van der Waals surface area contributed by atoms with Crippen LogP contribution in [0.25, 0.3) is 0 Å². The lowest BCUT2D eigenvalue weighted by Gasteiger charge is -2.16. The third kappa shape index (κ3) is 7.77. The Morgan fingerprint density at radius 1 is 1.26 bits per heavy atom. The number of hydrogen-bond acceptors (Lipinski definition) is 5. The van der Waals surface area contributed by atoms with Crippen molar-refractivity contribution >= 4 is 17.8 Å². The predicted octanol–water partition coefficient (Wildman–Crippen LogP) is 1.10. The van der Waals surface area contributed by atoms with E-state index in [9.17, 15) is 14.4 Å². The summed E-state index contributed by atoms with van der Waals surface area (Å²) in [5.41, 5.74) is 0.994. The lowest BCUT2D eigenvalue weighted by molar-refractivity contribution is -0.139. The first-order valence-corrected chi connectivity index (χ1v) is 7.06. The van der Waals surface area contributed by atoms with Gasteiger partial charge >= 0.3 is 12.1 Å². The van der Waals surface area contributed by atoms with Crippen LogP contribution in [0.4, 0.5) is 4.79 Å². The van der Waals surface area contributed by atoms with E-state index in [4.69, 9.17) is 9.84 Å². The lowest BCUT2D eigenvalue weighted by atomic mass is 10.1. The zero-order valence-corrected chi connectivity index (χ0v) is 12.7. The Morgan fingerprint density at radius 3 is 2.57 bits per heavy atom. The topological polar surface area (TPSA) is 105 Å². The Balaban J connectivity index is 2.49. The third-order valence-corrected chi connectivity index (χ3v) is 2.86. The molecule has 0 aromatic heterocycles. The second kappa shape index (κ2) is 10.1. The van der Waals surface area contributed by atoms with Crippen molar-refractivity contribution in [3.63, 3.8) is 0 Å². The van der Waals surface area contributed by atoms with E-state index < -0.39 is 30.3 Å². The minimum absolute atomic E-state index is 0.0218. The maximum Gasteiger partial charge on any atom is 0.408 e. The van der Waals surface area contributed by atoms with E-state index in [2.05, 4.69) is 17.2 Å². The van der Waals surface area contributed by atoms with Gasteiger partial charge in [0.2, 0.25) is 0 Å². The number of nitrogens with one attached hydrogen (secondary N) is 2. The molecule has 0 spiro atoms. The van der Waals surface area contributed by atoms with Crippen LogP contribution in [0.5, 0.6) is 0 Å². The van der Waals surface area contributed by atoms with Crippen molar-refractivity contribution in [3.8, 4) is 0 Å². The fourth-order valence-electron chi connectivity index (χ4n) is 1.79. The number of aliphatic carboxylic acids is 1. The molecule has 23 heavy (non-hydrogen) atoms. The van der Waals surface area contributed by atoms with E-state index in [-0.39, 0.29) is 13.2 Å². The van der Waals surface area contributed by atoms with Gasteiger partial charge in [-0.15, -0.1) is 0 Å². The van der Waals surface area contributed by atoms with Crippen molar-refractivity contribution in [2.45, 2.75) is 19.0 Å². The predicted molar refractivity (Wildman–Crippen MR) is 83.9 cm³/mol. The van der Waals surface area contributed by atoms with E-state index in [0.717, 1.165) is 5.56 Å². The number of carboxylic acid groups (broad SMARTS) is 1. The van der Waals surface area contributed by atoms with Gasteiger partial charge in [-0.05, 0) is 5.56 Å². The first-order valence-electron chi connectivity index (χ1n) is 7.06. The zero-order chi connectivity index (χ0) is 17.1. The molecule has 1 rings (SSSR count). The number of ether oxygens (including phenoxy) is 1. The molecule has 0 fully saturated rings. The van der Waals surface area contributed by atoms with Crippen LogP contribution >= 0.6 is 0 Å². The van der Waals surface area contributed by atoms with Gasteiger partial charge in [-0.1, -0.05) is 43.0 Å². The molecule has 1 aromatic rings. The Bertz CT molecular complexity index is 545. The number of carbonyl (C=O) groups excluding carboxylic acids is 2. The Kier molecular flexibility index (Phi) is 8.09. The molecular formula is C16H20N2O5. The van der Waals surface area contributed by atoms with Crippen LogP contribution in [0, 0.1) is 0 Å². The zero-order valence-electron chi connectivity index (χ0n) is 12.7. The van der Waals surface area contributed by atoms with Crippen LogP contribution in [-0.2, 0) is 20.9 Å². The second-order valence-electron chi connectivity index (χ2n) is 4.74. The SMILES string of the molecule is C=CCOC(=O)N[C@@H](CC(=O)O)C(=O)CNCc1ccccc1. The van der Waals surface area contributed by atoms with Gasteiger partial charge in [0.25, 0.3) is 0 Å². The largest absolute Gasteiger partial charge is 0.481 e. The van der Waals surface area contributed by atoms with Gasteiger partial charge in [0.1, 0.15) is 12.6 Å². The molecule has 3 N–H and O–H groups in total. The molecule has 0 saturated carbocycles. The summed E-state index contributed by atoms with van der Waals surface area (Å²) >= 11 is 0. The van der Waals surface area contributed by atoms with Crippen LogP contribution < -0.4 is 10.6 Å². The fourth-order valence-corrected chi connectivity index (χ4v) is 1.79. The summed E-state index contributed by atoms with van der Waals surface area (Å²) in [7, 11) is 0. The molecule has 0 saturated heterocycles. The first kappa shape index (κ1) is 18.4. The van der Waals surface area contributed by atoms with Gasteiger partial charge in [0.15, 0.2) is 5.78 Å². The molecule has 7 heteroatoms. The highest BCUT2D eigenvalue weighted by atomic mass is 16.5. The van der Waals surface area contributed by atoms with Gasteiger partial charge in [0, 0.05) is 6.54 Å². The molecule has 0 aliphatic heterocycles. The van der Waals surface area contributed by atoms with E-state index in [1.807, 2.05) is 30.3 Å². The van der Waals surface area contributed by atoms with Crippen molar-refractivity contribution in [2.24, 2.45) is 0 Å². The molecule has 1 amide bonds. The fraction of sp³-hybridized carbons (Fsp3) is 0.312. The van der Waals surface area contributed by atoms with Gasteiger partial charge in [0.05, 0.1) is 13.0 Å². The molecule has 0 aliphatic carbocycles. The van der Waals surface area contributed by atoms with Crippen molar-refractivity contribution in [1.82, 2.24) is 10.6 Å². The van der Waals surface area contributed by atoms with Crippen LogP contribution in [-0.4, -0.2) is 42.1 Å². The molecule has 0 unspecified atom stereocenters. The second-order valence-corrected chi connectivity index (χ2v) is 4.74. The third-order valence-electron chi connectivity index (χ3n) is 2.86. The summed E-state index contributed by atoms with van der Waals surface area (Å²) in [5, 5.41) is 14.0. The van der Waals surface area contributed by atoms with E-state index in [1.54, 1.807) is 0 Å². The molecule has 0 bridgehead atoms.